The van der Waals surface area contributed by atoms with E-state index in [1.54, 1.807) is 19.9 Å². The van der Waals surface area contributed by atoms with E-state index in [-0.39, 0.29) is 46.6 Å². The van der Waals surface area contributed by atoms with Crippen molar-refractivity contribution in [1.82, 2.24) is 4.31 Å². The maximum Gasteiger partial charge on any atom is 0.338 e. The minimum Gasteiger partial charge on any atom is -0.454 e. The van der Waals surface area contributed by atoms with Gasteiger partial charge in [0.2, 0.25) is 15.8 Å². The molecule has 1 aliphatic heterocycles. The van der Waals surface area contributed by atoms with Crippen molar-refractivity contribution >= 4 is 33.4 Å². The Morgan fingerprint density at radius 3 is 2.27 bits per heavy atom. The van der Waals surface area contributed by atoms with Gasteiger partial charge in [0.15, 0.2) is 6.61 Å². The molecule has 0 amide bonds. The van der Waals surface area contributed by atoms with E-state index in [4.69, 9.17) is 21.1 Å². The van der Waals surface area contributed by atoms with Crippen LogP contribution in [0.15, 0.2) is 35.2 Å². The summed E-state index contributed by atoms with van der Waals surface area (Å²) in [4.78, 5) is 25.0. The van der Waals surface area contributed by atoms with E-state index in [9.17, 15) is 18.0 Å². The predicted octanol–water partition coefficient (Wildman–Crippen LogP) is 4.10. The highest BCUT2D eigenvalue weighted by Crippen LogP contribution is 2.28. The maximum absolute atomic E-state index is 13.2. The molecule has 0 bridgehead atoms. The average Bonchev–Trinajstić information content (AvgIpc) is 2.73. The quantitative estimate of drug-likeness (QED) is 0.444. The molecule has 1 heterocycles. The third-order valence-corrected chi connectivity index (χ3v) is 7.96. The lowest BCUT2D eigenvalue weighted by Crippen LogP contribution is -2.48. The number of carbonyl (C=O) groups excluding carboxylic acids is 2. The fraction of sp³-hybridized carbons (Fsp3) is 0.417. The Labute approximate surface area is 199 Å². The molecule has 0 radical (unpaired) electrons. The van der Waals surface area contributed by atoms with E-state index in [2.05, 4.69) is 0 Å². The van der Waals surface area contributed by atoms with Gasteiger partial charge < -0.3 is 9.47 Å². The second-order valence-corrected chi connectivity index (χ2v) is 10.8. The lowest BCUT2D eigenvalue weighted by Gasteiger charge is -2.34. The van der Waals surface area contributed by atoms with E-state index in [1.807, 2.05) is 26.8 Å². The number of aryl methyl sites for hydroxylation is 3. The number of halogens is 1. The van der Waals surface area contributed by atoms with Crippen molar-refractivity contribution in [2.24, 2.45) is 0 Å². The normalized spacial score (nSPS) is 19.3. The van der Waals surface area contributed by atoms with Gasteiger partial charge in [0.25, 0.3) is 0 Å². The first-order chi connectivity index (χ1) is 15.4. The van der Waals surface area contributed by atoms with Crippen LogP contribution in [0.2, 0.25) is 5.02 Å². The van der Waals surface area contributed by atoms with Gasteiger partial charge in [-0.2, -0.15) is 4.31 Å². The van der Waals surface area contributed by atoms with Crippen molar-refractivity contribution in [3.05, 3.63) is 63.2 Å². The summed E-state index contributed by atoms with van der Waals surface area (Å²) >= 11 is 6.19. The van der Waals surface area contributed by atoms with Crippen molar-refractivity contribution in [2.75, 3.05) is 19.7 Å². The predicted molar refractivity (Wildman–Crippen MR) is 125 cm³/mol. The van der Waals surface area contributed by atoms with Crippen molar-refractivity contribution in [2.45, 2.75) is 51.7 Å². The second-order valence-electron chi connectivity index (χ2n) is 8.48. The summed E-state index contributed by atoms with van der Waals surface area (Å²) in [5.41, 5.74) is 3.32. The fourth-order valence-corrected chi connectivity index (χ4v) is 5.94. The number of rotatable bonds is 6. The molecule has 0 aliphatic carbocycles. The van der Waals surface area contributed by atoms with Gasteiger partial charge in [0.1, 0.15) is 4.90 Å². The maximum atomic E-state index is 13.2. The number of sulfonamides is 1. The van der Waals surface area contributed by atoms with E-state index in [1.165, 1.54) is 22.5 Å². The average molecular weight is 494 g/mol. The molecular formula is C24H28ClNO6S. The number of esters is 1. The minimum absolute atomic E-state index is 0.000166. The van der Waals surface area contributed by atoms with Crippen LogP contribution in [0.4, 0.5) is 0 Å². The van der Waals surface area contributed by atoms with E-state index < -0.39 is 22.6 Å². The minimum atomic E-state index is -3.96. The monoisotopic (exact) mass is 493 g/mol. The molecule has 7 nitrogen and oxygen atoms in total. The van der Waals surface area contributed by atoms with Gasteiger partial charge in [0.05, 0.1) is 22.8 Å². The van der Waals surface area contributed by atoms with Gasteiger partial charge in [-0.25, -0.2) is 13.2 Å². The zero-order chi connectivity index (χ0) is 24.5. The molecule has 1 saturated heterocycles. The van der Waals surface area contributed by atoms with E-state index in [0.717, 1.165) is 16.7 Å². The molecule has 1 aliphatic rings. The highest BCUT2D eigenvalue weighted by atomic mass is 35.5. The van der Waals surface area contributed by atoms with Gasteiger partial charge in [-0.1, -0.05) is 17.7 Å². The third kappa shape index (κ3) is 5.63. The Morgan fingerprint density at radius 1 is 1.03 bits per heavy atom. The number of hydrogen-bond donors (Lipinski definition) is 0. The van der Waals surface area contributed by atoms with Crippen LogP contribution in [0.3, 0.4) is 0 Å². The zero-order valence-electron chi connectivity index (χ0n) is 19.3. The Morgan fingerprint density at radius 2 is 1.64 bits per heavy atom. The number of Topliss-reactive ketones (excluding diaryl/α,β-unsaturated/α-hetero) is 1. The van der Waals surface area contributed by atoms with E-state index >= 15 is 0 Å². The molecule has 0 unspecified atom stereocenters. The van der Waals surface area contributed by atoms with Crippen molar-refractivity contribution in [3.8, 4) is 0 Å². The number of carbonyl (C=O) groups is 2. The van der Waals surface area contributed by atoms with Gasteiger partial charge in [-0.3, -0.25) is 4.79 Å². The molecule has 178 valence electrons. The Balaban J connectivity index is 1.78. The summed E-state index contributed by atoms with van der Waals surface area (Å²) in [6.07, 6.45) is -0.536. The molecule has 0 spiro atoms. The number of nitrogens with zero attached hydrogens (tertiary/aromatic N) is 1. The summed E-state index contributed by atoms with van der Waals surface area (Å²) in [7, 11) is -3.96. The molecule has 0 N–H and O–H groups in total. The number of ketones is 1. The lowest BCUT2D eigenvalue weighted by atomic mass is 9.98. The second kappa shape index (κ2) is 9.93. The zero-order valence-corrected chi connectivity index (χ0v) is 20.9. The Bertz CT molecular complexity index is 1180. The van der Waals surface area contributed by atoms with Crippen LogP contribution in [0.5, 0.6) is 0 Å². The van der Waals surface area contributed by atoms with Crippen LogP contribution in [0.25, 0.3) is 0 Å². The molecule has 33 heavy (non-hydrogen) atoms. The molecule has 1 fully saturated rings. The molecule has 9 heteroatoms. The van der Waals surface area contributed by atoms with Gasteiger partial charge >= 0.3 is 5.97 Å². The number of hydrogen-bond acceptors (Lipinski definition) is 6. The molecule has 2 aromatic rings. The summed E-state index contributed by atoms with van der Waals surface area (Å²) in [5.74, 6) is -1.14. The van der Waals surface area contributed by atoms with Crippen molar-refractivity contribution < 1.29 is 27.5 Å². The highest BCUT2D eigenvalue weighted by molar-refractivity contribution is 7.89. The lowest BCUT2D eigenvalue weighted by molar-refractivity contribution is -0.0440. The first kappa shape index (κ1) is 25.4. The van der Waals surface area contributed by atoms with Crippen LogP contribution >= 0.6 is 11.6 Å². The van der Waals surface area contributed by atoms with Crippen LogP contribution in [-0.2, 0) is 19.5 Å². The van der Waals surface area contributed by atoms with Gasteiger partial charge in [-0.15, -0.1) is 0 Å². The molecule has 2 aromatic carbocycles. The summed E-state index contributed by atoms with van der Waals surface area (Å²) in [6, 6.07) is 7.59. The topological polar surface area (TPSA) is 90.0 Å². The van der Waals surface area contributed by atoms with Crippen LogP contribution < -0.4 is 0 Å². The van der Waals surface area contributed by atoms with E-state index in [0.29, 0.717) is 5.56 Å². The first-order valence-electron chi connectivity index (χ1n) is 10.6. The number of morpholine rings is 1. The molecule has 3 rings (SSSR count). The van der Waals surface area contributed by atoms with Gasteiger partial charge in [0, 0.05) is 18.7 Å². The van der Waals surface area contributed by atoms with Crippen molar-refractivity contribution in [1.29, 1.82) is 0 Å². The molecular weight excluding hydrogens is 466 g/mol. The molecule has 0 saturated carbocycles. The highest BCUT2D eigenvalue weighted by Gasteiger charge is 2.34. The Hall–Kier alpha value is -2.26. The summed E-state index contributed by atoms with van der Waals surface area (Å²) < 4.78 is 38.5. The largest absolute Gasteiger partial charge is 0.454 e. The number of benzene rings is 2. The standard InChI is InChI=1S/C24H28ClNO6S/c1-14-8-16(3)20(9-15(14)2)22(27)13-31-24(28)19-6-7-21(25)23(10-19)33(29,30)26-11-17(4)32-18(5)12-26/h6-10,17-18H,11-13H2,1-5H3/t17-,18+. The third-order valence-electron chi connectivity index (χ3n) is 5.65. The number of ether oxygens (including phenoxy) is 2. The fourth-order valence-electron chi connectivity index (χ4n) is 3.85. The van der Waals surface area contributed by atoms with Crippen LogP contribution in [0.1, 0.15) is 51.3 Å². The molecule has 0 aromatic heterocycles. The van der Waals surface area contributed by atoms with Crippen LogP contribution in [-0.4, -0.2) is 56.4 Å². The summed E-state index contributed by atoms with van der Waals surface area (Å²) in [5, 5.41) is 0.000166. The summed E-state index contributed by atoms with van der Waals surface area (Å²) in [6.45, 7) is 9.19. The SMILES string of the molecule is Cc1cc(C)c(C(=O)COC(=O)c2ccc(Cl)c(S(=O)(=O)N3C[C@@H](C)O[C@@H](C)C3)c2)cc1C. The molecule has 2 atom stereocenters. The Kier molecular flexibility index (Phi) is 7.63. The van der Waals surface area contributed by atoms with Crippen LogP contribution in [0, 0.1) is 20.8 Å². The van der Waals surface area contributed by atoms with Gasteiger partial charge in [-0.05, 0) is 75.6 Å². The van der Waals surface area contributed by atoms with Crippen molar-refractivity contribution in [3.63, 3.8) is 0 Å². The first-order valence-corrected chi connectivity index (χ1v) is 12.4. The smallest absolute Gasteiger partial charge is 0.338 e.